The predicted octanol–water partition coefficient (Wildman–Crippen LogP) is 4.86. The van der Waals surface area contributed by atoms with Crippen LogP contribution in [0.15, 0.2) is 77.7 Å². The molecule has 5 nitrogen and oxygen atoms in total. The number of aryl methyl sites for hydroxylation is 1. The molecular weight excluding hydrogens is 451 g/mol. The molecule has 0 spiro atoms. The molecule has 168 valence electrons. The Balaban J connectivity index is 1.83. The number of nitrogens with zero attached hydrogens (tertiary/aromatic N) is 1. The van der Waals surface area contributed by atoms with Crippen LogP contribution in [0.2, 0.25) is 5.02 Å². The second-order valence-corrected chi connectivity index (χ2v) is 9.93. The highest BCUT2D eigenvalue weighted by molar-refractivity contribution is 7.89. The lowest BCUT2D eigenvalue weighted by molar-refractivity contribution is -0.122. The van der Waals surface area contributed by atoms with Gasteiger partial charge in [-0.25, -0.2) is 12.8 Å². The normalized spacial score (nSPS) is 12.5. The number of rotatable bonds is 8. The summed E-state index contributed by atoms with van der Waals surface area (Å²) >= 11 is 6.06. The minimum absolute atomic E-state index is 0.0187. The van der Waals surface area contributed by atoms with Crippen molar-refractivity contribution in [2.75, 3.05) is 6.54 Å². The van der Waals surface area contributed by atoms with E-state index in [0.717, 1.165) is 9.87 Å². The highest BCUT2D eigenvalue weighted by Crippen LogP contribution is 2.21. The number of nitrogens with one attached hydrogen (secondary N) is 1. The Labute approximate surface area is 192 Å². The van der Waals surface area contributed by atoms with Crippen molar-refractivity contribution in [3.63, 3.8) is 0 Å². The van der Waals surface area contributed by atoms with Crippen LogP contribution in [-0.2, 0) is 21.4 Å². The van der Waals surface area contributed by atoms with Gasteiger partial charge >= 0.3 is 0 Å². The highest BCUT2D eigenvalue weighted by atomic mass is 35.5. The maximum atomic E-state index is 13.3. The molecule has 3 aromatic rings. The number of hydrogen-bond donors (Lipinski definition) is 1. The van der Waals surface area contributed by atoms with Crippen molar-refractivity contribution in [2.24, 2.45) is 0 Å². The largest absolute Gasteiger partial charge is 0.348 e. The molecule has 1 amide bonds. The molecular formula is C24H24ClFN2O3S. The van der Waals surface area contributed by atoms with E-state index in [1.165, 1.54) is 24.3 Å². The van der Waals surface area contributed by atoms with Gasteiger partial charge in [0.15, 0.2) is 0 Å². The van der Waals surface area contributed by atoms with Gasteiger partial charge in [-0.3, -0.25) is 4.79 Å². The van der Waals surface area contributed by atoms with Crippen LogP contribution in [-0.4, -0.2) is 25.2 Å². The van der Waals surface area contributed by atoms with Crippen molar-refractivity contribution in [3.05, 3.63) is 100 Å². The summed E-state index contributed by atoms with van der Waals surface area (Å²) in [7, 11) is -3.95. The third kappa shape index (κ3) is 6.16. The number of carbonyl (C=O) groups is 1. The van der Waals surface area contributed by atoms with Crippen LogP contribution in [0.25, 0.3) is 0 Å². The number of amides is 1. The predicted molar refractivity (Wildman–Crippen MR) is 123 cm³/mol. The topological polar surface area (TPSA) is 66.5 Å². The van der Waals surface area contributed by atoms with Gasteiger partial charge in [0.2, 0.25) is 15.9 Å². The maximum absolute atomic E-state index is 13.3. The Bertz CT molecular complexity index is 1180. The van der Waals surface area contributed by atoms with Gasteiger partial charge in [0.05, 0.1) is 17.5 Å². The molecule has 0 heterocycles. The number of hydrogen-bond acceptors (Lipinski definition) is 3. The van der Waals surface area contributed by atoms with E-state index in [1.807, 2.05) is 6.92 Å². The third-order valence-electron chi connectivity index (χ3n) is 4.97. The van der Waals surface area contributed by atoms with E-state index in [4.69, 9.17) is 11.6 Å². The highest BCUT2D eigenvalue weighted by Gasteiger charge is 2.27. The molecule has 0 unspecified atom stereocenters. The monoisotopic (exact) mass is 474 g/mol. The molecule has 0 aliphatic heterocycles. The first kappa shape index (κ1) is 23.9. The van der Waals surface area contributed by atoms with Crippen LogP contribution >= 0.6 is 11.6 Å². The lowest BCUT2D eigenvalue weighted by Gasteiger charge is -2.23. The molecule has 3 aromatic carbocycles. The second-order valence-electron chi connectivity index (χ2n) is 7.56. The standard InChI is InChI=1S/C24H24ClFN2O3S/c1-17-6-12-23(13-7-17)32(30,31)28(15-19-4-3-5-21(25)14-19)16-24(29)27-18(2)20-8-10-22(26)11-9-20/h3-14,18H,15-16H2,1-2H3,(H,27,29)/t18-/m1/s1. The maximum Gasteiger partial charge on any atom is 0.243 e. The summed E-state index contributed by atoms with van der Waals surface area (Å²) < 4.78 is 41.0. The van der Waals surface area contributed by atoms with Gasteiger partial charge in [-0.15, -0.1) is 0 Å². The second kappa shape index (κ2) is 10.3. The third-order valence-corrected chi connectivity index (χ3v) is 7.02. The molecule has 0 aliphatic rings. The quantitative estimate of drug-likeness (QED) is 0.507. The van der Waals surface area contributed by atoms with Crippen LogP contribution in [0.5, 0.6) is 0 Å². The Kier molecular flexibility index (Phi) is 7.66. The number of benzene rings is 3. The summed E-state index contributed by atoms with van der Waals surface area (Å²) in [5.41, 5.74) is 2.30. The van der Waals surface area contributed by atoms with E-state index in [9.17, 15) is 17.6 Å². The lowest BCUT2D eigenvalue weighted by Crippen LogP contribution is -2.41. The minimum atomic E-state index is -3.95. The summed E-state index contributed by atoms with van der Waals surface area (Å²) in [6.45, 7) is 3.22. The van der Waals surface area contributed by atoms with Crippen LogP contribution in [0.3, 0.4) is 0 Å². The molecule has 0 radical (unpaired) electrons. The summed E-state index contributed by atoms with van der Waals surface area (Å²) in [4.78, 5) is 12.9. The number of halogens is 2. The van der Waals surface area contributed by atoms with Gasteiger partial charge in [0.25, 0.3) is 0 Å². The van der Waals surface area contributed by atoms with Gasteiger partial charge < -0.3 is 5.32 Å². The zero-order chi connectivity index (χ0) is 23.3. The fourth-order valence-electron chi connectivity index (χ4n) is 3.21. The summed E-state index contributed by atoms with van der Waals surface area (Å²) in [5, 5.41) is 3.26. The van der Waals surface area contributed by atoms with E-state index < -0.39 is 22.0 Å². The van der Waals surface area contributed by atoms with Crippen molar-refractivity contribution in [2.45, 2.75) is 31.3 Å². The summed E-state index contributed by atoms with van der Waals surface area (Å²) in [5.74, 6) is -0.844. The molecule has 1 atom stereocenters. The lowest BCUT2D eigenvalue weighted by atomic mass is 10.1. The molecule has 0 bridgehead atoms. The summed E-state index contributed by atoms with van der Waals surface area (Å²) in [6.07, 6.45) is 0. The van der Waals surface area contributed by atoms with Crippen molar-refractivity contribution >= 4 is 27.5 Å². The van der Waals surface area contributed by atoms with Gasteiger partial charge in [0, 0.05) is 11.6 Å². The van der Waals surface area contributed by atoms with Crippen molar-refractivity contribution in [3.8, 4) is 0 Å². The Morgan fingerprint density at radius 1 is 1.06 bits per heavy atom. The Morgan fingerprint density at radius 3 is 2.34 bits per heavy atom. The number of carbonyl (C=O) groups excluding carboxylic acids is 1. The van der Waals surface area contributed by atoms with Crippen LogP contribution in [0.4, 0.5) is 4.39 Å². The van der Waals surface area contributed by atoms with Gasteiger partial charge in [0.1, 0.15) is 5.82 Å². The van der Waals surface area contributed by atoms with E-state index in [-0.39, 0.29) is 23.8 Å². The van der Waals surface area contributed by atoms with Crippen molar-refractivity contribution < 1.29 is 17.6 Å². The first-order valence-corrected chi connectivity index (χ1v) is 11.8. The number of sulfonamides is 1. The molecule has 0 aromatic heterocycles. The van der Waals surface area contributed by atoms with Gasteiger partial charge in [-0.2, -0.15) is 4.31 Å². The summed E-state index contributed by atoms with van der Waals surface area (Å²) in [6, 6.07) is 18.7. The Morgan fingerprint density at radius 2 is 1.72 bits per heavy atom. The molecule has 0 aliphatic carbocycles. The molecule has 0 saturated carbocycles. The molecule has 0 saturated heterocycles. The first-order valence-electron chi connectivity index (χ1n) is 10.0. The zero-order valence-corrected chi connectivity index (χ0v) is 19.3. The fourth-order valence-corrected chi connectivity index (χ4v) is 4.80. The SMILES string of the molecule is Cc1ccc(S(=O)(=O)N(CC(=O)N[C@H](C)c2ccc(F)cc2)Cc2cccc(Cl)c2)cc1. The minimum Gasteiger partial charge on any atom is -0.348 e. The average molecular weight is 475 g/mol. The fraction of sp³-hybridized carbons (Fsp3) is 0.208. The van der Waals surface area contributed by atoms with Crippen LogP contribution in [0, 0.1) is 12.7 Å². The van der Waals surface area contributed by atoms with Crippen LogP contribution in [0.1, 0.15) is 29.7 Å². The van der Waals surface area contributed by atoms with E-state index in [1.54, 1.807) is 55.5 Å². The van der Waals surface area contributed by atoms with E-state index >= 15 is 0 Å². The molecule has 0 fully saturated rings. The molecule has 8 heteroatoms. The van der Waals surface area contributed by atoms with Crippen LogP contribution < -0.4 is 5.32 Å². The van der Waals surface area contributed by atoms with Crippen molar-refractivity contribution in [1.82, 2.24) is 9.62 Å². The van der Waals surface area contributed by atoms with Gasteiger partial charge in [-0.05, 0) is 61.4 Å². The molecule has 32 heavy (non-hydrogen) atoms. The Hall–Kier alpha value is -2.74. The smallest absolute Gasteiger partial charge is 0.243 e. The molecule has 3 rings (SSSR count). The van der Waals surface area contributed by atoms with E-state index in [2.05, 4.69) is 5.32 Å². The molecule has 1 N–H and O–H groups in total. The van der Waals surface area contributed by atoms with E-state index in [0.29, 0.717) is 16.1 Å². The van der Waals surface area contributed by atoms with Gasteiger partial charge in [-0.1, -0.05) is 53.6 Å². The first-order chi connectivity index (χ1) is 15.1. The zero-order valence-electron chi connectivity index (χ0n) is 17.8. The van der Waals surface area contributed by atoms with Crippen molar-refractivity contribution in [1.29, 1.82) is 0 Å². The average Bonchev–Trinajstić information content (AvgIpc) is 2.74.